The number of benzene rings is 1. The van der Waals surface area contributed by atoms with Crippen molar-refractivity contribution in [2.75, 3.05) is 6.54 Å². The summed E-state index contributed by atoms with van der Waals surface area (Å²) in [7, 11) is 0. The van der Waals surface area contributed by atoms with Crippen molar-refractivity contribution >= 4 is 22.0 Å². The van der Waals surface area contributed by atoms with Crippen molar-refractivity contribution in [3.8, 4) is 5.75 Å². The van der Waals surface area contributed by atoms with E-state index in [1.54, 1.807) is 12.2 Å². The summed E-state index contributed by atoms with van der Waals surface area (Å²) in [6.07, 6.45) is 7.20. The van der Waals surface area contributed by atoms with Crippen molar-refractivity contribution in [2.45, 2.75) is 25.4 Å². The van der Waals surface area contributed by atoms with Gasteiger partial charge in [-0.15, -0.1) is 0 Å². The zero-order chi connectivity index (χ0) is 12.3. The van der Waals surface area contributed by atoms with Crippen LogP contribution in [0.15, 0.2) is 22.7 Å². The number of hydrogen-bond acceptors (Lipinski definition) is 2. The molecule has 1 aliphatic rings. The van der Waals surface area contributed by atoms with Crippen LogP contribution in [0.4, 0.5) is 4.39 Å². The fourth-order valence-corrected chi connectivity index (χ4v) is 2.22. The van der Waals surface area contributed by atoms with Gasteiger partial charge in [0.25, 0.3) is 0 Å². The topological polar surface area (TPSA) is 35.2 Å². The Morgan fingerprint density at radius 2 is 2.24 bits per heavy atom. The molecule has 1 aromatic carbocycles. The molecule has 0 radical (unpaired) electrons. The van der Waals surface area contributed by atoms with Gasteiger partial charge in [0.2, 0.25) is 0 Å². The number of nitrogens with two attached hydrogens (primary N) is 1. The van der Waals surface area contributed by atoms with Crippen molar-refractivity contribution < 1.29 is 9.13 Å². The summed E-state index contributed by atoms with van der Waals surface area (Å²) in [5, 5.41) is 0. The van der Waals surface area contributed by atoms with E-state index in [1.165, 1.54) is 18.6 Å². The van der Waals surface area contributed by atoms with E-state index in [4.69, 9.17) is 10.5 Å². The first-order chi connectivity index (χ1) is 8.20. The van der Waals surface area contributed by atoms with E-state index in [0.717, 1.165) is 18.4 Å². The second kappa shape index (κ2) is 5.65. The molecule has 0 aromatic heterocycles. The van der Waals surface area contributed by atoms with E-state index in [1.807, 2.05) is 0 Å². The average molecular weight is 300 g/mol. The van der Waals surface area contributed by atoms with Gasteiger partial charge in [-0.1, -0.05) is 12.2 Å². The first-order valence-electron chi connectivity index (χ1n) is 5.73. The molecule has 92 valence electrons. The maximum Gasteiger partial charge on any atom is 0.141 e. The van der Waals surface area contributed by atoms with Crippen LogP contribution in [0.3, 0.4) is 0 Å². The van der Waals surface area contributed by atoms with Crippen LogP contribution in [0.2, 0.25) is 0 Å². The Kier molecular flexibility index (Phi) is 4.18. The molecular weight excluding hydrogens is 285 g/mol. The van der Waals surface area contributed by atoms with Crippen LogP contribution in [0.5, 0.6) is 5.75 Å². The van der Waals surface area contributed by atoms with Crippen molar-refractivity contribution in [3.05, 3.63) is 34.1 Å². The molecule has 0 atom stereocenters. The summed E-state index contributed by atoms with van der Waals surface area (Å²) in [4.78, 5) is 0. The zero-order valence-electron chi connectivity index (χ0n) is 9.46. The number of ether oxygens (including phenoxy) is 1. The highest BCUT2D eigenvalue weighted by molar-refractivity contribution is 9.10. The van der Waals surface area contributed by atoms with Gasteiger partial charge >= 0.3 is 0 Å². The Hall–Kier alpha value is -0.870. The molecule has 17 heavy (non-hydrogen) atoms. The third-order valence-corrected chi connectivity index (χ3v) is 3.40. The molecule has 0 heterocycles. The molecule has 1 aliphatic carbocycles. The van der Waals surface area contributed by atoms with Gasteiger partial charge in [-0.25, -0.2) is 4.39 Å². The molecule has 2 N–H and O–H groups in total. The Bertz CT molecular complexity index is 430. The molecule has 1 saturated carbocycles. The Labute approximate surface area is 109 Å². The summed E-state index contributed by atoms with van der Waals surface area (Å²) >= 11 is 3.34. The van der Waals surface area contributed by atoms with E-state index < -0.39 is 0 Å². The lowest BCUT2D eigenvalue weighted by molar-refractivity contribution is 0.119. The molecule has 0 unspecified atom stereocenters. The quantitative estimate of drug-likeness (QED) is 0.924. The zero-order valence-corrected chi connectivity index (χ0v) is 11.0. The SMILES string of the molecule is NC/C=C/c1cc(F)cc(Br)c1OC1CCC1. The molecular formula is C13H15BrFNO. The molecule has 1 aromatic rings. The Morgan fingerprint density at radius 3 is 2.82 bits per heavy atom. The molecule has 0 saturated heterocycles. The fraction of sp³-hybridized carbons (Fsp3) is 0.385. The van der Waals surface area contributed by atoms with Gasteiger partial charge in [-0.05, 0) is 47.3 Å². The molecule has 0 aliphatic heterocycles. The highest BCUT2D eigenvalue weighted by atomic mass is 79.9. The Morgan fingerprint density at radius 1 is 1.47 bits per heavy atom. The number of rotatable bonds is 4. The molecule has 0 bridgehead atoms. The third kappa shape index (κ3) is 3.07. The lowest BCUT2D eigenvalue weighted by Gasteiger charge is -2.27. The van der Waals surface area contributed by atoms with Gasteiger partial charge in [0.15, 0.2) is 0 Å². The van der Waals surface area contributed by atoms with Crippen molar-refractivity contribution in [3.63, 3.8) is 0 Å². The highest BCUT2D eigenvalue weighted by Crippen LogP contribution is 2.35. The number of hydrogen-bond donors (Lipinski definition) is 1. The van der Waals surface area contributed by atoms with Gasteiger partial charge < -0.3 is 10.5 Å². The molecule has 1 fully saturated rings. The highest BCUT2D eigenvalue weighted by Gasteiger charge is 2.21. The summed E-state index contributed by atoms with van der Waals surface area (Å²) in [6, 6.07) is 2.89. The second-order valence-electron chi connectivity index (χ2n) is 4.11. The fourth-order valence-electron chi connectivity index (χ4n) is 1.68. The van der Waals surface area contributed by atoms with Crippen LogP contribution in [-0.2, 0) is 0 Å². The van der Waals surface area contributed by atoms with Crippen LogP contribution >= 0.6 is 15.9 Å². The molecule has 2 rings (SSSR count). The summed E-state index contributed by atoms with van der Waals surface area (Å²) in [6.45, 7) is 0.428. The van der Waals surface area contributed by atoms with Gasteiger partial charge in [0.05, 0.1) is 10.6 Å². The van der Waals surface area contributed by atoms with E-state index in [2.05, 4.69) is 15.9 Å². The molecule has 0 amide bonds. The van der Waals surface area contributed by atoms with Gasteiger partial charge in [0.1, 0.15) is 11.6 Å². The van der Waals surface area contributed by atoms with Crippen LogP contribution in [0.1, 0.15) is 24.8 Å². The van der Waals surface area contributed by atoms with Crippen LogP contribution in [0, 0.1) is 5.82 Å². The minimum absolute atomic E-state index is 0.266. The average Bonchev–Trinajstić information content (AvgIpc) is 2.22. The van der Waals surface area contributed by atoms with Gasteiger partial charge in [-0.3, -0.25) is 0 Å². The number of halogens is 2. The van der Waals surface area contributed by atoms with E-state index in [0.29, 0.717) is 16.8 Å². The third-order valence-electron chi connectivity index (χ3n) is 2.81. The normalized spacial score (nSPS) is 16.2. The van der Waals surface area contributed by atoms with Gasteiger partial charge in [-0.2, -0.15) is 0 Å². The largest absolute Gasteiger partial charge is 0.489 e. The minimum Gasteiger partial charge on any atom is -0.489 e. The standard InChI is InChI=1S/C13H15BrFNO/c14-12-8-10(15)7-9(3-2-6-16)13(12)17-11-4-1-5-11/h2-3,7-8,11H,1,4-6,16H2/b3-2+. The molecule has 4 heteroatoms. The van der Waals surface area contributed by atoms with E-state index in [9.17, 15) is 4.39 Å². The second-order valence-corrected chi connectivity index (χ2v) is 4.97. The summed E-state index contributed by atoms with van der Waals surface area (Å²) in [5.74, 6) is 0.426. The predicted octanol–water partition coefficient (Wildman–Crippen LogP) is 3.49. The molecule has 2 nitrogen and oxygen atoms in total. The first-order valence-corrected chi connectivity index (χ1v) is 6.52. The smallest absolute Gasteiger partial charge is 0.141 e. The monoisotopic (exact) mass is 299 g/mol. The summed E-state index contributed by atoms with van der Waals surface area (Å²) < 4.78 is 19.8. The van der Waals surface area contributed by atoms with Crippen LogP contribution in [0.25, 0.3) is 6.08 Å². The van der Waals surface area contributed by atoms with Crippen LogP contribution in [-0.4, -0.2) is 12.6 Å². The Balaban J connectivity index is 2.28. The van der Waals surface area contributed by atoms with Gasteiger partial charge in [0, 0.05) is 12.1 Å². The first kappa shape index (κ1) is 12.6. The lowest BCUT2D eigenvalue weighted by Crippen LogP contribution is -2.25. The predicted molar refractivity (Wildman–Crippen MR) is 70.5 cm³/mol. The summed E-state index contributed by atoms with van der Waals surface area (Å²) in [5.41, 5.74) is 6.14. The van der Waals surface area contributed by atoms with E-state index in [-0.39, 0.29) is 11.9 Å². The van der Waals surface area contributed by atoms with Crippen molar-refractivity contribution in [1.82, 2.24) is 0 Å². The maximum atomic E-state index is 13.3. The maximum absolute atomic E-state index is 13.3. The molecule has 0 spiro atoms. The van der Waals surface area contributed by atoms with Crippen molar-refractivity contribution in [2.24, 2.45) is 5.73 Å². The van der Waals surface area contributed by atoms with Crippen molar-refractivity contribution in [1.29, 1.82) is 0 Å². The minimum atomic E-state index is -0.283. The lowest BCUT2D eigenvalue weighted by atomic mass is 9.96. The van der Waals surface area contributed by atoms with E-state index >= 15 is 0 Å². The van der Waals surface area contributed by atoms with Crippen LogP contribution < -0.4 is 10.5 Å².